The molecule has 1 aromatic carbocycles. The van der Waals surface area contributed by atoms with Crippen LogP contribution < -0.4 is 10.2 Å². The molecule has 5 heteroatoms. The molecule has 3 nitrogen and oxygen atoms in total. The van der Waals surface area contributed by atoms with Gasteiger partial charge in [-0.2, -0.15) is 0 Å². The van der Waals surface area contributed by atoms with Crippen molar-refractivity contribution in [2.75, 3.05) is 23.3 Å². The minimum absolute atomic E-state index is 0.0318. The van der Waals surface area contributed by atoms with Crippen molar-refractivity contribution >= 4 is 33.2 Å². The van der Waals surface area contributed by atoms with Crippen LogP contribution in [0.3, 0.4) is 0 Å². The van der Waals surface area contributed by atoms with Crippen molar-refractivity contribution in [2.24, 2.45) is 0 Å². The quantitative estimate of drug-likeness (QED) is 0.861. The molecular formula is C11H12BrFN2O. The lowest BCUT2D eigenvalue weighted by atomic mass is 10.2. The van der Waals surface area contributed by atoms with E-state index in [4.69, 9.17) is 0 Å². The highest BCUT2D eigenvalue weighted by atomic mass is 79.9. The Morgan fingerprint density at radius 1 is 1.56 bits per heavy atom. The number of rotatable bonds is 1. The molecule has 0 saturated carbocycles. The lowest BCUT2D eigenvalue weighted by molar-refractivity contribution is -0.115. The van der Waals surface area contributed by atoms with Crippen molar-refractivity contribution in [1.29, 1.82) is 0 Å². The van der Waals surface area contributed by atoms with E-state index in [0.29, 0.717) is 23.1 Å². The number of hydrogen-bond acceptors (Lipinski definition) is 2. The van der Waals surface area contributed by atoms with E-state index in [9.17, 15) is 9.18 Å². The van der Waals surface area contributed by atoms with Gasteiger partial charge in [0, 0.05) is 25.6 Å². The number of anilines is 2. The molecular weight excluding hydrogens is 275 g/mol. The molecule has 0 atom stereocenters. The Morgan fingerprint density at radius 2 is 2.31 bits per heavy atom. The molecule has 0 aromatic heterocycles. The van der Waals surface area contributed by atoms with Crippen LogP contribution in [0.25, 0.3) is 0 Å². The minimum atomic E-state index is -0.312. The van der Waals surface area contributed by atoms with Gasteiger partial charge in [-0.1, -0.05) is 0 Å². The van der Waals surface area contributed by atoms with Gasteiger partial charge in [-0.15, -0.1) is 0 Å². The third kappa shape index (κ3) is 2.04. The van der Waals surface area contributed by atoms with Gasteiger partial charge >= 0.3 is 0 Å². The number of hydrogen-bond donors (Lipinski definition) is 1. The second kappa shape index (κ2) is 4.41. The van der Waals surface area contributed by atoms with Crippen LogP contribution in [0.1, 0.15) is 13.3 Å². The van der Waals surface area contributed by atoms with Crippen LogP contribution in [0.2, 0.25) is 0 Å². The fourth-order valence-corrected chi connectivity index (χ4v) is 2.14. The predicted molar refractivity (Wildman–Crippen MR) is 65.2 cm³/mol. The topological polar surface area (TPSA) is 32.3 Å². The Hall–Kier alpha value is -1.10. The van der Waals surface area contributed by atoms with E-state index in [2.05, 4.69) is 21.2 Å². The average molecular weight is 287 g/mol. The summed E-state index contributed by atoms with van der Waals surface area (Å²) in [5.74, 6) is -0.343. The third-order valence-electron chi connectivity index (χ3n) is 2.64. The molecule has 0 spiro atoms. The van der Waals surface area contributed by atoms with Crippen molar-refractivity contribution < 1.29 is 9.18 Å². The highest BCUT2D eigenvalue weighted by molar-refractivity contribution is 9.10. The molecule has 1 aliphatic rings. The molecule has 0 bridgehead atoms. The highest BCUT2D eigenvalue weighted by Gasteiger charge is 2.19. The average Bonchev–Trinajstić information content (AvgIpc) is 2.38. The summed E-state index contributed by atoms with van der Waals surface area (Å²) in [6, 6.07) is 3.06. The second-order valence-electron chi connectivity index (χ2n) is 3.66. The van der Waals surface area contributed by atoms with Crippen molar-refractivity contribution in [3.05, 3.63) is 22.4 Å². The summed E-state index contributed by atoms with van der Waals surface area (Å²) in [7, 11) is 0. The van der Waals surface area contributed by atoms with Crippen molar-refractivity contribution in [3.8, 4) is 0 Å². The first kappa shape index (κ1) is 11.4. The Morgan fingerprint density at radius 3 is 3.00 bits per heavy atom. The number of nitrogens with zero attached hydrogens (tertiary/aromatic N) is 1. The first-order chi connectivity index (χ1) is 7.61. The zero-order chi connectivity index (χ0) is 11.7. The molecule has 1 aromatic rings. The van der Waals surface area contributed by atoms with Gasteiger partial charge in [0.25, 0.3) is 0 Å². The molecule has 1 heterocycles. The zero-order valence-electron chi connectivity index (χ0n) is 8.89. The van der Waals surface area contributed by atoms with E-state index in [0.717, 1.165) is 12.2 Å². The summed E-state index contributed by atoms with van der Waals surface area (Å²) < 4.78 is 13.8. The van der Waals surface area contributed by atoms with Crippen molar-refractivity contribution in [3.63, 3.8) is 0 Å². The fourth-order valence-electron chi connectivity index (χ4n) is 1.80. The number of carbonyl (C=O) groups is 1. The molecule has 0 radical (unpaired) electrons. The summed E-state index contributed by atoms with van der Waals surface area (Å²) in [6.45, 7) is 3.36. The smallest absolute Gasteiger partial charge is 0.226 e. The standard InChI is InChI=1S/C11H12BrFN2O/c1-2-15-4-3-11(16)14-9-5-7(12)8(13)6-10(9)15/h5-6H,2-4H2,1H3,(H,14,16). The number of amides is 1. The second-order valence-corrected chi connectivity index (χ2v) is 4.52. The molecule has 1 amide bonds. The van der Waals surface area contributed by atoms with Crippen molar-refractivity contribution in [1.82, 2.24) is 0 Å². The van der Waals surface area contributed by atoms with Gasteiger partial charge in [0.2, 0.25) is 5.91 Å². The molecule has 2 rings (SSSR count). The molecule has 86 valence electrons. The lowest BCUT2D eigenvalue weighted by Gasteiger charge is -2.22. The van der Waals surface area contributed by atoms with E-state index >= 15 is 0 Å². The Balaban J connectivity index is 2.51. The monoisotopic (exact) mass is 286 g/mol. The largest absolute Gasteiger partial charge is 0.370 e. The van der Waals surface area contributed by atoms with Crippen LogP contribution in [0, 0.1) is 5.82 Å². The normalized spacial score (nSPS) is 15.4. The van der Waals surface area contributed by atoms with Gasteiger partial charge in [0.05, 0.1) is 15.8 Å². The van der Waals surface area contributed by atoms with Gasteiger partial charge in [0.15, 0.2) is 0 Å². The van der Waals surface area contributed by atoms with E-state index in [-0.39, 0.29) is 11.7 Å². The molecule has 1 aliphatic heterocycles. The summed E-state index contributed by atoms with van der Waals surface area (Å²) >= 11 is 3.12. The number of nitrogens with one attached hydrogen (secondary N) is 1. The van der Waals surface area contributed by atoms with E-state index in [1.54, 1.807) is 6.07 Å². The maximum Gasteiger partial charge on any atom is 0.226 e. The fraction of sp³-hybridized carbons (Fsp3) is 0.364. The third-order valence-corrected chi connectivity index (χ3v) is 3.25. The molecule has 0 aliphatic carbocycles. The summed E-state index contributed by atoms with van der Waals surface area (Å²) in [5, 5.41) is 2.78. The lowest BCUT2D eigenvalue weighted by Crippen LogP contribution is -2.23. The van der Waals surface area contributed by atoms with E-state index < -0.39 is 0 Å². The van der Waals surface area contributed by atoms with Gasteiger partial charge in [-0.3, -0.25) is 4.79 Å². The first-order valence-electron chi connectivity index (χ1n) is 5.15. The maximum atomic E-state index is 13.5. The molecule has 16 heavy (non-hydrogen) atoms. The molecule has 0 unspecified atom stereocenters. The van der Waals surface area contributed by atoms with E-state index in [1.165, 1.54) is 6.07 Å². The summed E-state index contributed by atoms with van der Waals surface area (Å²) in [4.78, 5) is 13.4. The van der Waals surface area contributed by atoms with Gasteiger partial charge < -0.3 is 10.2 Å². The zero-order valence-corrected chi connectivity index (χ0v) is 10.5. The van der Waals surface area contributed by atoms with Crippen LogP contribution >= 0.6 is 15.9 Å². The van der Waals surface area contributed by atoms with Gasteiger partial charge in [-0.05, 0) is 28.9 Å². The van der Waals surface area contributed by atoms with Gasteiger partial charge in [-0.25, -0.2) is 4.39 Å². The molecule has 1 N–H and O–H groups in total. The van der Waals surface area contributed by atoms with Crippen LogP contribution in [0.15, 0.2) is 16.6 Å². The Kier molecular flexibility index (Phi) is 3.14. The highest BCUT2D eigenvalue weighted by Crippen LogP contribution is 2.33. The number of carbonyl (C=O) groups excluding carboxylic acids is 1. The Bertz CT molecular complexity index is 436. The number of benzene rings is 1. The minimum Gasteiger partial charge on any atom is -0.370 e. The number of fused-ring (bicyclic) bond motifs is 1. The van der Waals surface area contributed by atoms with Crippen LogP contribution in [0.4, 0.5) is 15.8 Å². The van der Waals surface area contributed by atoms with Gasteiger partial charge in [0.1, 0.15) is 5.82 Å². The van der Waals surface area contributed by atoms with E-state index in [1.807, 2.05) is 11.8 Å². The molecule has 0 saturated heterocycles. The number of halogens is 2. The van der Waals surface area contributed by atoms with Crippen molar-refractivity contribution in [2.45, 2.75) is 13.3 Å². The van der Waals surface area contributed by atoms with Crippen LogP contribution in [-0.4, -0.2) is 19.0 Å². The van der Waals surface area contributed by atoms with Crippen LogP contribution in [0.5, 0.6) is 0 Å². The SMILES string of the molecule is CCN1CCC(=O)Nc2cc(Br)c(F)cc21. The first-order valence-corrected chi connectivity index (χ1v) is 5.95. The predicted octanol–water partition coefficient (Wildman–Crippen LogP) is 2.76. The summed E-state index contributed by atoms with van der Waals surface area (Å²) in [5.41, 5.74) is 1.41. The summed E-state index contributed by atoms with van der Waals surface area (Å²) in [6.07, 6.45) is 0.432. The Labute approximate surface area is 102 Å². The van der Waals surface area contributed by atoms with Crippen LogP contribution in [-0.2, 0) is 4.79 Å². The maximum absolute atomic E-state index is 13.5. The molecule has 0 fully saturated rings.